The van der Waals surface area contributed by atoms with Gasteiger partial charge in [-0.05, 0) is 24.3 Å². The van der Waals surface area contributed by atoms with E-state index in [0.29, 0.717) is 41.1 Å². The van der Waals surface area contributed by atoms with Gasteiger partial charge in [-0.1, -0.05) is 48.5 Å². The molecule has 1 aliphatic rings. The number of sulfonamides is 2. The van der Waals surface area contributed by atoms with Gasteiger partial charge < -0.3 is 19.6 Å². The van der Waals surface area contributed by atoms with Crippen LogP contribution in [0, 0.1) is 0 Å². The van der Waals surface area contributed by atoms with Gasteiger partial charge in [0.25, 0.3) is 20.0 Å². The van der Waals surface area contributed by atoms with Crippen LogP contribution in [0.15, 0.2) is 82.6 Å². The summed E-state index contributed by atoms with van der Waals surface area (Å²) in [6, 6.07) is 21.8. The fourth-order valence-corrected chi connectivity index (χ4v) is 11.0. The summed E-state index contributed by atoms with van der Waals surface area (Å²) in [7, 11) is -0.209. The lowest BCUT2D eigenvalue weighted by Crippen LogP contribution is -2.46. The number of benzene rings is 4. The van der Waals surface area contributed by atoms with Crippen molar-refractivity contribution < 1.29 is 26.7 Å². The van der Waals surface area contributed by atoms with Crippen molar-refractivity contribution in [3.63, 3.8) is 0 Å². The topological polar surface area (TPSA) is 135 Å². The number of aliphatic hydroxyl groups is 1. The first-order chi connectivity index (χ1) is 24.4. The van der Waals surface area contributed by atoms with Gasteiger partial charge in [0.05, 0.1) is 29.6 Å². The molecule has 0 bridgehead atoms. The van der Waals surface area contributed by atoms with Crippen molar-refractivity contribution in [2.24, 2.45) is 0 Å². The van der Waals surface area contributed by atoms with E-state index in [1.54, 1.807) is 57.8 Å². The SMILES string of the molecule is CN(C)c1cccc2c(S(=O)(=O)NN3CCOCCN(NS(=O)(=O)c4cccc5c(N(C)C)cccc45)CCSC(CO)CSCC3)cccc12. The zero-order valence-electron chi connectivity index (χ0n) is 29.5. The number of nitrogens with zero attached hydrogens (tertiary/aromatic N) is 4. The normalized spacial score (nSPS) is 18.3. The summed E-state index contributed by atoms with van der Waals surface area (Å²) in [5.41, 5.74) is 1.84. The van der Waals surface area contributed by atoms with Crippen molar-refractivity contribution in [1.82, 2.24) is 19.7 Å². The maximum atomic E-state index is 13.8. The molecule has 1 saturated heterocycles. The van der Waals surface area contributed by atoms with Crippen LogP contribution in [-0.2, 0) is 24.8 Å². The van der Waals surface area contributed by atoms with Crippen LogP contribution < -0.4 is 19.5 Å². The lowest BCUT2D eigenvalue weighted by Gasteiger charge is -2.25. The molecule has 1 aliphatic heterocycles. The monoisotopic (exact) mass is 776 g/mol. The van der Waals surface area contributed by atoms with Gasteiger partial charge >= 0.3 is 0 Å². The van der Waals surface area contributed by atoms with E-state index in [1.807, 2.05) is 86.5 Å². The minimum absolute atomic E-state index is 0.0247. The fraction of sp³-hybridized carbons (Fsp3) is 0.429. The second-order valence-electron chi connectivity index (χ2n) is 12.6. The number of anilines is 2. The third-order valence-corrected chi connectivity index (χ3v) is 13.9. The van der Waals surface area contributed by atoms with Gasteiger partial charge in [0.1, 0.15) is 0 Å². The zero-order valence-corrected chi connectivity index (χ0v) is 32.8. The number of hydrogen-bond acceptors (Lipinski definition) is 12. The summed E-state index contributed by atoms with van der Waals surface area (Å²) in [6.07, 6.45) is 0. The average Bonchev–Trinajstić information content (AvgIpc) is 3.10. The Bertz CT molecular complexity index is 2000. The fourth-order valence-electron chi connectivity index (χ4n) is 5.95. The second kappa shape index (κ2) is 17.9. The molecule has 12 nitrogen and oxygen atoms in total. The lowest BCUT2D eigenvalue weighted by atomic mass is 10.1. The molecule has 1 fully saturated rings. The molecule has 3 N–H and O–H groups in total. The van der Waals surface area contributed by atoms with Crippen molar-refractivity contribution in [3.05, 3.63) is 72.8 Å². The molecule has 51 heavy (non-hydrogen) atoms. The Morgan fingerprint density at radius 3 is 1.61 bits per heavy atom. The molecule has 16 heteroatoms. The summed E-state index contributed by atoms with van der Waals surface area (Å²) in [5.74, 6) is 1.87. The van der Waals surface area contributed by atoms with Gasteiger partial charge in [-0.3, -0.25) is 0 Å². The van der Waals surface area contributed by atoms with Crippen LogP contribution in [0.1, 0.15) is 0 Å². The first-order valence-electron chi connectivity index (χ1n) is 16.7. The van der Waals surface area contributed by atoms with Crippen LogP contribution in [-0.4, -0.2) is 129 Å². The van der Waals surface area contributed by atoms with E-state index in [1.165, 1.54) is 0 Å². The zero-order chi connectivity index (χ0) is 36.6. The van der Waals surface area contributed by atoms with Gasteiger partial charge in [0, 0.05) is 110 Å². The Balaban J connectivity index is 1.30. The molecule has 4 aromatic rings. The molecule has 0 saturated carbocycles. The van der Waals surface area contributed by atoms with E-state index < -0.39 is 20.0 Å². The maximum Gasteiger partial charge on any atom is 0.254 e. The van der Waals surface area contributed by atoms with Crippen LogP contribution in [0.4, 0.5) is 11.4 Å². The molecule has 0 radical (unpaired) electrons. The van der Waals surface area contributed by atoms with E-state index in [-0.39, 0.29) is 48.0 Å². The minimum Gasteiger partial charge on any atom is -0.395 e. The van der Waals surface area contributed by atoms with Crippen molar-refractivity contribution in [2.45, 2.75) is 15.0 Å². The molecule has 0 amide bonds. The number of aliphatic hydroxyl groups excluding tert-OH is 1. The molecular weight excluding hydrogens is 729 g/mol. The van der Waals surface area contributed by atoms with Gasteiger partial charge in [-0.25, -0.2) is 26.9 Å². The van der Waals surface area contributed by atoms with Crippen LogP contribution in [0.5, 0.6) is 0 Å². The summed E-state index contributed by atoms with van der Waals surface area (Å²) < 4.78 is 61.3. The minimum atomic E-state index is -3.96. The van der Waals surface area contributed by atoms with E-state index in [2.05, 4.69) is 9.66 Å². The molecule has 4 aromatic carbocycles. The Morgan fingerprint density at radius 1 is 0.686 bits per heavy atom. The molecule has 0 spiro atoms. The molecule has 5 rings (SSSR count). The largest absolute Gasteiger partial charge is 0.395 e. The molecule has 1 unspecified atom stereocenters. The van der Waals surface area contributed by atoms with E-state index in [4.69, 9.17) is 4.74 Å². The highest BCUT2D eigenvalue weighted by molar-refractivity contribution is 8.03. The summed E-state index contributed by atoms with van der Waals surface area (Å²) in [4.78, 5) is 9.87. The number of hydrogen-bond donors (Lipinski definition) is 3. The Kier molecular flexibility index (Phi) is 13.9. The number of ether oxygens (including phenoxy) is 1. The second-order valence-corrected chi connectivity index (χ2v) is 18.4. The average molecular weight is 777 g/mol. The Morgan fingerprint density at radius 2 is 1.14 bits per heavy atom. The smallest absolute Gasteiger partial charge is 0.254 e. The first-order valence-corrected chi connectivity index (χ1v) is 21.9. The number of hydrazine groups is 2. The number of fused-ring (bicyclic) bond motifs is 2. The lowest BCUT2D eigenvalue weighted by molar-refractivity contribution is 0.0760. The highest BCUT2D eigenvalue weighted by Gasteiger charge is 2.24. The Hall–Kier alpha value is -2.64. The van der Waals surface area contributed by atoms with E-state index in [9.17, 15) is 21.9 Å². The van der Waals surface area contributed by atoms with Crippen LogP contribution in [0.2, 0.25) is 0 Å². The van der Waals surface area contributed by atoms with Gasteiger partial charge in [-0.2, -0.15) is 23.5 Å². The summed E-state index contributed by atoms with van der Waals surface area (Å²) in [5, 5.41) is 16.3. The maximum absolute atomic E-state index is 13.8. The highest BCUT2D eigenvalue weighted by atomic mass is 32.2. The summed E-state index contributed by atoms with van der Waals surface area (Å²) >= 11 is 3.21. The van der Waals surface area contributed by atoms with E-state index in [0.717, 1.165) is 22.1 Å². The molecule has 1 heterocycles. The molecule has 278 valence electrons. The molecule has 0 aliphatic carbocycles. The quantitative estimate of drug-likeness (QED) is 0.229. The van der Waals surface area contributed by atoms with Crippen molar-refractivity contribution in [1.29, 1.82) is 0 Å². The van der Waals surface area contributed by atoms with Crippen molar-refractivity contribution in [2.75, 3.05) is 101 Å². The van der Waals surface area contributed by atoms with Crippen LogP contribution in [0.3, 0.4) is 0 Å². The third-order valence-electron chi connectivity index (χ3n) is 8.50. The highest BCUT2D eigenvalue weighted by Crippen LogP contribution is 2.31. The molecule has 0 aromatic heterocycles. The standard InChI is InChI=1S/C35H48N6O6S4/c1-38(2)32-13-5-11-30-28(32)9-7-15-34(30)50(43,44)36-40-17-21-47-22-18-41(20-24-49-27(25-42)26-48-23-19-40)37-51(45,46)35-16-8-10-29-31(35)12-6-14-33(29)39(3)4/h5-16,27,36-37,42H,17-26H2,1-4H3. The number of nitrogens with one attached hydrogen (secondary N) is 2. The third kappa shape index (κ3) is 10.1. The van der Waals surface area contributed by atoms with Crippen LogP contribution in [0.25, 0.3) is 21.5 Å². The molecule has 1 atom stereocenters. The molecular formula is C35H48N6O6S4. The first kappa shape index (κ1) is 39.6. The van der Waals surface area contributed by atoms with Gasteiger partial charge in [0.2, 0.25) is 0 Å². The summed E-state index contributed by atoms with van der Waals surface area (Å²) in [6.45, 7) is 1.78. The van der Waals surface area contributed by atoms with Crippen LogP contribution >= 0.6 is 23.5 Å². The predicted octanol–water partition coefficient (Wildman–Crippen LogP) is 3.67. The van der Waals surface area contributed by atoms with Gasteiger partial charge in [0.15, 0.2) is 0 Å². The number of rotatable bonds is 9. The Labute approximate surface area is 310 Å². The van der Waals surface area contributed by atoms with Crippen molar-refractivity contribution in [3.8, 4) is 0 Å². The number of thioether (sulfide) groups is 2. The van der Waals surface area contributed by atoms with Gasteiger partial charge in [-0.15, -0.1) is 9.66 Å². The van der Waals surface area contributed by atoms with E-state index >= 15 is 0 Å². The predicted molar refractivity (Wildman–Crippen MR) is 212 cm³/mol. The van der Waals surface area contributed by atoms with Crippen molar-refractivity contribution >= 4 is 76.5 Å².